The van der Waals surface area contributed by atoms with Crippen molar-refractivity contribution >= 4 is 6.21 Å². The summed E-state index contributed by atoms with van der Waals surface area (Å²) >= 11 is 0. The number of hydrogen-bond acceptors (Lipinski definition) is 4. The van der Waals surface area contributed by atoms with Gasteiger partial charge in [-0.2, -0.15) is 0 Å². The average Bonchev–Trinajstić information content (AvgIpc) is 2.45. The van der Waals surface area contributed by atoms with E-state index in [1.807, 2.05) is 0 Å². The van der Waals surface area contributed by atoms with Gasteiger partial charge in [-0.05, 0) is 42.8 Å². The van der Waals surface area contributed by atoms with E-state index in [-0.39, 0.29) is 18.0 Å². The fraction of sp³-hybridized carbons (Fsp3) is 0.188. The van der Waals surface area contributed by atoms with Crippen LogP contribution in [0.4, 0.5) is 0 Å². The molecule has 2 aromatic carbocycles. The molecule has 0 radical (unpaired) electrons. The van der Waals surface area contributed by atoms with Crippen LogP contribution < -0.4 is 4.74 Å². The number of aromatic hydroxyl groups is 2. The highest BCUT2D eigenvalue weighted by Gasteiger charge is 2.06. The molecule has 0 heterocycles. The molecule has 0 bridgehead atoms. The number of methoxy groups -OCH3 is 1. The van der Waals surface area contributed by atoms with Crippen molar-refractivity contribution in [3.63, 3.8) is 0 Å². The topological polar surface area (TPSA) is 75.8 Å². The molecule has 0 aliphatic heterocycles. The lowest BCUT2D eigenvalue weighted by Gasteiger charge is -2.07. The molecule has 0 atom stereocenters. The minimum absolute atomic E-state index is 0.0335. The van der Waals surface area contributed by atoms with Gasteiger partial charge < -0.3 is 20.2 Å². The van der Waals surface area contributed by atoms with Crippen LogP contribution >= 0.6 is 0 Å². The first kappa shape index (κ1) is 14.7. The molecule has 5 nitrogen and oxygen atoms in total. The van der Waals surface area contributed by atoms with E-state index in [1.165, 1.54) is 25.5 Å². The summed E-state index contributed by atoms with van der Waals surface area (Å²) in [4.78, 5) is 0. The molecule has 21 heavy (non-hydrogen) atoms. The third-order valence-corrected chi connectivity index (χ3v) is 3.11. The van der Waals surface area contributed by atoms with Crippen LogP contribution in [0.5, 0.6) is 17.2 Å². The Balaban J connectivity index is 2.18. The summed E-state index contributed by atoms with van der Waals surface area (Å²) in [5.74, 6) is 0.517. The summed E-state index contributed by atoms with van der Waals surface area (Å²) in [7, 11) is 1.45. The SMILES string of the molecule is COc1cc(C/[N+]([O-])=C/c2ccc(C)c(O)c2)ccc1O. The smallest absolute Gasteiger partial charge is 0.182 e. The quantitative estimate of drug-likeness (QED) is 0.392. The number of phenols is 2. The van der Waals surface area contributed by atoms with Gasteiger partial charge in [0.25, 0.3) is 0 Å². The van der Waals surface area contributed by atoms with Gasteiger partial charge in [-0.1, -0.05) is 6.07 Å². The van der Waals surface area contributed by atoms with E-state index in [2.05, 4.69) is 0 Å². The van der Waals surface area contributed by atoms with Gasteiger partial charge in [0.2, 0.25) is 0 Å². The van der Waals surface area contributed by atoms with E-state index < -0.39 is 0 Å². The van der Waals surface area contributed by atoms with Crippen molar-refractivity contribution in [2.24, 2.45) is 0 Å². The second kappa shape index (κ2) is 6.17. The second-order valence-corrected chi connectivity index (χ2v) is 4.76. The van der Waals surface area contributed by atoms with Crippen LogP contribution in [0, 0.1) is 12.1 Å². The van der Waals surface area contributed by atoms with E-state index in [0.29, 0.717) is 16.9 Å². The van der Waals surface area contributed by atoms with Gasteiger partial charge in [-0.3, -0.25) is 0 Å². The van der Waals surface area contributed by atoms with Gasteiger partial charge in [-0.15, -0.1) is 0 Å². The first-order valence-corrected chi connectivity index (χ1v) is 6.43. The molecular weight excluding hydrogens is 270 g/mol. The number of rotatable bonds is 4. The molecule has 2 aromatic rings. The van der Waals surface area contributed by atoms with Gasteiger partial charge in [-0.25, -0.2) is 4.74 Å². The minimum atomic E-state index is 0.0335. The Morgan fingerprint density at radius 2 is 1.90 bits per heavy atom. The van der Waals surface area contributed by atoms with Crippen LogP contribution in [0.2, 0.25) is 0 Å². The number of hydrogen-bond donors (Lipinski definition) is 2. The molecule has 0 spiro atoms. The molecule has 110 valence electrons. The minimum Gasteiger partial charge on any atom is -0.624 e. The summed E-state index contributed by atoms with van der Waals surface area (Å²) in [6.07, 6.45) is 1.40. The van der Waals surface area contributed by atoms with Crippen molar-refractivity contribution in [2.75, 3.05) is 7.11 Å². The molecule has 0 aliphatic carbocycles. The summed E-state index contributed by atoms with van der Waals surface area (Å²) in [5.41, 5.74) is 2.10. The molecule has 0 amide bonds. The van der Waals surface area contributed by atoms with Crippen LogP contribution in [0.25, 0.3) is 0 Å². The Bertz CT molecular complexity index is 680. The fourth-order valence-corrected chi connectivity index (χ4v) is 1.92. The monoisotopic (exact) mass is 287 g/mol. The average molecular weight is 287 g/mol. The third kappa shape index (κ3) is 3.66. The summed E-state index contributed by atoms with van der Waals surface area (Å²) in [6, 6.07) is 9.80. The van der Waals surface area contributed by atoms with E-state index in [1.54, 1.807) is 31.2 Å². The Hall–Kier alpha value is -2.69. The van der Waals surface area contributed by atoms with Gasteiger partial charge in [0.05, 0.1) is 7.11 Å². The van der Waals surface area contributed by atoms with Gasteiger partial charge in [0.1, 0.15) is 5.75 Å². The van der Waals surface area contributed by atoms with Crippen molar-refractivity contribution in [1.29, 1.82) is 0 Å². The number of ether oxygens (including phenoxy) is 1. The first-order valence-electron chi connectivity index (χ1n) is 6.43. The van der Waals surface area contributed by atoms with E-state index in [9.17, 15) is 15.4 Å². The molecule has 0 aromatic heterocycles. The van der Waals surface area contributed by atoms with E-state index >= 15 is 0 Å². The molecule has 0 fully saturated rings. The zero-order valence-electron chi connectivity index (χ0n) is 11.9. The summed E-state index contributed by atoms with van der Waals surface area (Å²) in [6.45, 7) is 1.90. The number of nitrogens with zero attached hydrogens (tertiary/aromatic N) is 1. The summed E-state index contributed by atoms with van der Waals surface area (Å²) in [5, 5.41) is 31.1. The Morgan fingerprint density at radius 1 is 1.14 bits per heavy atom. The highest BCUT2D eigenvalue weighted by atomic mass is 16.5. The zero-order chi connectivity index (χ0) is 15.4. The van der Waals surface area contributed by atoms with Crippen LogP contribution in [0.15, 0.2) is 36.4 Å². The molecule has 2 N–H and O–H groups in total. The fourth-order valence-electron chi connectivity index (χ4n) is 1.92. The van der Waals surface area contributed by atoms with Crippen LogP contribution in [-0.4, -0.2) is 28.3 Å². The normalized spacial score (nSPS) is 11.4. The molecule has 0 saturated heterocycles. The maximum atomic E-state index is 11.9. The van der Waals surface area contributed by atoms with Crippen molar-refractivity contribution < 1.29 is 19.7 Å². The van der Waals surface area contributed by atoms with Crippen molar-refractivity contribution in [2.45, 2.75) is 13.5 Å². The number of benzene rings is 2. The van der Waals surface area contributed by atoms with Crippen molar-refractivity contribution in [3.8, 4) is 17.2 Å². The van der Waals surface area contributed by atoms with Crippen molar-refractivity contribution in [1.82, 2.24) is 0 Å². The van der Waals surface area contributed by atoms with Crippen LogP contribution in [0.3, 0.4) is 0 Å². The van der Waals surface area contributed by atoms with Crippen LogP contribution in [-0.2, 0) is 6.54 Å². The maximum absolute atomic E-state index is 11.9. The largest absolute Gasteiger partial charge is 0.624 e. The molecule has 5 heteroatoms. The lowest BCUT2D eigenvalue weighted by Crippen LogP contribution is -2.06. The third-order valence-electron chi connectivity index (χ3n) is 3.11. The molecule has 0 aliphatic rings. The predicted molar refractivity (Wildman–Crippen MR) is 80.0 cm³/mol. The maximum Gasteiger partial charge on any atom is 0.182 e. The Morgan fingerprint density at radius 3 is 2.57 bits per heavy atom. The lowest BCUT2D eigenvalue weighted by atomic mass is 10.1. The number of hydroxylamine groups is 1. The standard InChI is InChI=1S/C16H17NO4/c1-11-3-4-12(7-15(11)19)9-17(20)10-13-5-6-14(18)16(8-13)21-2/h3-9,18-19H,10H2,1-2H3/b17-9-. The van der Waals surface area contributed by atoms with Gasteiger partial charge in [0.15, 0.2) is 24.3 Å². The highest BCUT2D eigenvalue weighted by Crippen LogP contribution is 2.26. The van der Waals surface area contributed by atoms with Crippen molar-refractivity contribution in [3.05, 3.63) is 58.3 Å². The lowest BCUT2D eigenvalue weighted by molar-refractivity contribution is -0.469. The van der Waals surface area contributed by atoms with Gasteiger partial charge in [0, 0.05) is 11.1 Å². The van der Waals surface area contributed by atoms with E-state index in [0.717, 1.165) is 10.3 Å². The number of aryl methyl sites for hydroxylation is 1. The Kier molecular flexibility index (Phi) is 4.33. The highest BCUT2D eigenvalue weighted by molar-refractivity contribution is 5.76. The number of phenolic OH excluding ortho intramolecular Hbond substituents is 2. The first-order chi connectivity index (χ1) is 9.99. The predicted octanol–water partition coefficient (Wildman–Crippen LogP) is 2.54. The molecule has 0 saturated carbocycles. The second-order valence-electron chi connectivity index (χ2n) is 4.76. The van der Waals surface area contributed by atoms with Crippen LogP contribution in [0.1, 0.15) is 16.7 Å². The zero-order valence-corrected chi connectivity index (χ0v) is 11.9. The molecule has 2 rings (SSSR count). The summed E-state index contributed by atoms with van der Waals surface area (Å²) < 4.78 is 5.76. The van der Waals surface area contributed by atoms with Gasteiger partial charge >= 0.3 is 0 Å². The Labute approximate surface area is 123 Å². The molecule has 0 unspecified atom stereocenters. The molecular formula is C16H17NO4. The van der Waals surface area contributed by atoms with E-state index in [4.69, 9.17) is 4.74 Å².